The molecule has 1 heterocycles. The molecule has 5 nitrogen and oxygen atoms in total. The van der Waals surface area contributed by atoms with E-state index in [1.54, 1.807) is 12.1 Å². The Hall–Kier alpha value is -3.36. The van der Waals surface area contributed by atoms with Gasteiger partial charge < -0.3 is 4.57 Å². The first kappa shape index (κ1) is 21.9. The van der Waals surface area contributed by atoms with Crippen molar-refractivity contribution in [2.45, 2.75) is 13.0 Å². The lowest BCUT2D eigenvalue weighted by atomic mass is 10.1. The summed E-state index contributed by atoms with van der Waals surface area (Å²) in [5, 5.41) is 13.5. The first-order valence-electron chi connectivity index (χ1n) is 9.58. The van der Waals surface area contributed by atoms with E-state index in [0.29, 0.717) is 22.8 Å². The lowest BCUT2D eigenvalue weighted by Gasteiger charge is -2.10. The maximum Gasteiger partial charge on any atom is 0.269 e. The minimum absolute atomic E-state index is 0.00464. The Morgan fingerprint density at radius 1 is 1.03 bits per heavy atom. The number of aromatic nitrogens is 1. The monoisotopic (exact) mass is 471 g/mol. The fourth-order valence-corrected chi connectivity index (χ4v) is 4.26. The molecule has 0 unspecified atom stereocenters. The van der Waals surface area contributed by atoms with Gasteiger partial charge in [0.1, 0.15) is 11.5 Å². The standard InChI is InChI=1S/C23H16ClF2N3O2S/c24-17-5-1-15(2-6-17)11-12-28-22(16-3-8-19(9-4-16)29(30)31)14-32-23(28)27-21-10-7-18(25)13-20(21)26/h1-10,13-14H,11-12H2. The van der Waals surface area contributed by atoms with Gasteiger partial charge >= 0.3 is 0 Å². The number of nitro groups is 1. The molecule has 162 valence electrons. The Bertz CT molecular complexity index is 1330. The smallest absolute Gasteiger partial charge is 0.269 e. The van der Waals surface area contributed by atoms with Gasteiger partial charge in [-0.2, -0.15) is 0 Å². The van der Waals surface area contributed by atoms with Gasteiger partial charge in [0, 0.05) is 35.1 Å². The summed E-state index contributed by atoms with van der Waals surface area (Å²) < 4.78 is 29.4. The van der Waals surface area contributed by atoms with Gasteiger partial charge in [-0.25, -0.2) is 13.8 Å². The molecule has 0 amide bonds. The van der Waals surface area contributed by atoms with Crippen LogP contribution in [0.4, 0.5) is 20.2 Å². The number of thiazole rings is 1. The van der Waals surface area contributed by atoms with E-state index in [2.05, 4.69) is 4.99 Å². The zero-order valence-electron chi connectivity index (χ0n) is 16.5. The van der Waals surface area contributed by atoms with E-state index in [4.69, 9.17) is 11.6 Å². The van der Waals surface area contributed by atoms with Crippen LogP contribution >= 0.6 is 22.9 Å². The maximum atomic E-state index is 14.2. The van der Waals surface area contributed by atoms with Crippen LogP contribution in [0.1, 0.15) is 5.56 Å². The van der Waals surface area contributed by atoms with E-state index in [9.17, 15) is 18.9 Å². The van der Waals surface area contributed by atoms with Crippen molar-refractivity contribution >= 4 is 34.3 Å². The molecule has 0 bridgehead atoms. The summed E-state index contributed by atoms with van der Waals surface area (Å²) in [7, 11) is 0. The summed E-state index contributed by atoms with van der Waals surface area (Å²) >= 11 is 7.27. The molecule has 0 N–H and O–H groups in total. The minimum atomic E-state index is -0.750. The van der Waals surface area contributed by atoms with Gasteiger partial charge in [-0.3, -0.25) is 10.1 Å². The molecule has 0 radical (unpaired) electrons. The topological polar surface area (TPSA) is 60.4 Å². The fraction of sp³-hybridized carbons (Fsp3) is 0.0870. The van der Waals surface area contributed by atoms with E-state index in [1.165, 1.54) is 29.5 Å². The van der Waals surface area contributed by atoms with Crippen molar-refractivity contribution in [3.8, 4) is 11.3 Å². The van der Waals surface area contributed by atoms with Crippen molar-refractivity contribution in [1.29, 1.82) is 0 Å². The summed E-state index contributed by atoms with van der Waals surface area (Å²) in [4.78, 5) is 15.5. The number of halogens is 3. The van der Waals surface area contributed by atoms with Crippen molar-refractivity contribution in [2.75, 3.05) is 0 Å². The number of benzene rings is 3. The molecule has 3 aromatic carbocycles. The van der Waals surface area contributed by atoms with Crippen molar-refractivity contribution < 1.29 is 13.7 Å². The summed E-state index contributed by atoms with van der Waals surface area (Å²) in [6.45, 7) is 0.527. The summed E-state index contributed by atoms with van der Waals surface area (Å²) in [6.07, 6.45) is 0.660. The molecule has 0 saturated heterocycles. The molecule has 4 aromatic rings. The Morgan fingerprint density at radius 3 is 2.41 bits per heavy atom. The van der Waals surface area contributed by atoms with Gasteiger partial charge in [-0.05, 0) is 53.9 Å². The molecule has 0 atom stereocenters. The van der Waals surface area contributed by atoms with E-state index in [-0.39, 0.29) is 11.4 Å². The van der Waals surface area contributed by atoms with E-state index < -0.39 is 16.6 Å². The molecule has 0 aliphatic carbocycles. The van der Waals surface area contributed by atoms with Gasteiger partial charge in [-0.1, -0.05) is 23.7 Å². The van der Waals surface area contributed by atoms with E-state index >= 15 is 0 Å². The highest BCUT2D eigenvalue weighted by Gasteiger charge is 2.12. The van der Waals surface area contributed by atoms with Crippen molar-refractivity contribution in [2.24, 2.45) is 4.99 Å². The molecule has 0 aliphatic rings. The van der Waals surface area contributed by atoms with Crippen LogP contribution < -0.4 is 4.80 Å². The van der Waals surface area contributed by atoms with Gasteiger partial charge in [0.2, 0.25) is 0 Å². The zero-order valence-corrected chi connectivity index (χ0v) is 18.1. The predicted octanol–water partition coefficient (Wildman–Crippen LogP) is 6.53. The Morgan fingerprint density at radius 2 is 1.75 bits per heavy atom. The molecule has 32 heavy (non-hydrogen) atoms. The first-order chi connectivity index (χ1) is 15.4. The molecule has 0 saturated carbocycles. The average Bonchev–Trinajstić information content (AvgIpc) is 3.17. The number of hydrogen-bond donors (Lipinski definition) is 0. The second-order valence-electron chi connectivity index (χ2n) is 6.94. The summed E-state index contributed by atoms with van der Waals surface area (Å²) in [5.41, 5.74) is 2.64. The SMILES string of the molecule is O=[N+]([O-])c1ccc(-c2csc(=Nc3ccc(F)cc3F)n2CCc2ccc(Cl)cc2)cc1. The predicted molar refractivity (Wildman–Crippen MR) is 121 cm³/mol. The molecule has 9 heteroatoms. The van der Waals surface area contributed by atoms with Crippen LogP contribution in [0.15, 0.2) is 77.1 Å². The third-order valence-electron chi connectivity index (χ3n) is 4.83. The van der Waals surface area contributed by atoms with E-state index in [1.807, 2.05) is 34.2 Å². The summed E-state index contributed by atoms with van der Waals surface area (Å²) in [6, 6.07) is 16.9. The summed E-state index contributed by atoms with van der Waals surface area (Å²) in [5.74, 6) is -1.42. The van der Waals surface area contributed by atoms with Crippen LogP contribution in [-0.2, 0) is 13.0 Å². The Labute approximate surface area is 191 Å². The fourth-order valence-electron chi connectivity index (χ4n) is 3.19. The molecule has 0 aliphatic heterocycles. The van der Waals surface area contributed by atoms with Crippen molar-refractivity contribution in [3.63, 3.8) is 0 Å². The lowest BCUT2D eigenvalue weighted by Crippen LogP contribution is -2.17. The van der Waals surface area contributed by atoms with Crippen LogP contribution in [0.5, 0.6) is 0 Å². The van der Waals surface area contributed by atoms with Crippen LogP contribution in [0.3, 0.4) is 0 Å². The number of aryl methyl sites for hydroxylation is 1. The van der Waals surface area contributed by atoms with Gasteiger partial charge in [0.25, 0.3) is 5.69 Å². The molecule has 1 aromatic heterocycles. The van der Waals surface area contributed by atoms with Crippen LogP contribution in [0.2, 0.25) is 5.02 Å². The van der Waals surface area contributed by atoms with Crippen molar-refractivity contribution in [3.05, 3.63) is 109 Å². The number of nitrogens with zero attached hydrogens (tertiary/aromatic N) is 3. The third-order valence-corrected chi connectivity index (χ3v) is 5.95. The lowest BCUT2D eigenvalue weighted by molar-refractivity contribution is -0.384. The van der Waals surface area contributed by atoms with Gasteiger partial charge in [0.15, 0.2) is 10.6 Å². The normalized spacial score (nSPS) is 11.7. The molecule has 0 fully saturated rings. The average molecular weight is 472 g/mol. The second-order valence-corrected chi connectivity index (χ2v) is 8.22. The molecule has 0 spiro atoms. The first-order valence-corrected chi connectivity index (χ1v) is 10.8. The third kappa shape index (κ3) is 4.92. The van der Waals surface area contributed by atoms with Crippen molar-refractivity contribution in [1.82, 2.24) is 4.57 Å². The molecular formula is C23H16ClF2N3O2S. The van der Waals surface area contributed by atoms with Crippen LogP contribution in [-0.4, -0.2) is 9.49 Å². The highest BCUT2D eigenvalue weighted by Crippen LogP contribution is 2.25. The maximum absolute atomic E-state index is 14.2. The molecular weight excluding hydrogens is 456 g/mol. The largest absolute Gasteiger partial charge is 0.316 e. The Kier molecular flexibility index (Phi) is 6.43. The molecule has 4 rings (SSSR count). The zero-order chi connectivity index (χ0) is 22.7. The minimum Gasteiger partial charge on any atom is -0.316 e. The Balaban J connectivity index is 1.76. The highest BCUT2D eigenvalue weighted by atomic mass is 35.5. The van der Waals surface area contributed by atoms with Crippen LogP contribution in [0.25, 0.3) is 11.3 Å². The van der Waals surface area contributed by atoms with E-state index in [0.717, 1.165) is 29.0 Å². The number of hydrogen-bond acceptors (Lipinski definition) is 4. The van der Waals surface area contributed by atoms with Gasteiger partial charge in [0.05, 0.1) is 10.6 Å². The van der Waals surface area contributed by atoms with Gasteiger partial charge in [-0.15, -0.1) is 11.3 Å². The second kappa shape index (κ2) is 9.42. The number of non-ortho nitro benzene ring substituents is 1. The quantitative estimate of drug-likeness (QED) is 0.237. The highest BCUT2D eigenvalue weighted by molar-refractivity contribution is 7.07. The van der Waals surface area contributed by atoms with Crippen LogP contribution in [0, 0.1) is 21.7 Å². The number of rotatable bonds is 6. The number of nitro benzene ring substituents is 1.